The van der Waals surface area contributed by atoms with Crippen LogP contribution in [-0.2, 0) is 4.74 Å². The summed E-state index contributed by atoms with van der Waals surface area (Å²) in [6, 6.07) is 7.45. The van der Waals surface area contributed by atoms with Crippen LogP contribution in [0.4, 0.5) is 11.4 Å². The molecule has 0 heterocycles. The fourth-order valence-electron chi connectivity index (χ4n) is 2.06. The van der Waals surface area contributed by atoms with Gasteiger partial charge >= 0.3 is 0 Å². The summed E-state index contributed by atoms with van der Waals surface area (Å²) in [5, 5.41) is 12.1. The molecule has 17 heavy (non-hydrogen) atoms. The van der Waals surface area contributed by atoms with Crippen molar-refractivity contribution in [1.29, 1.82) is 5.26 Å². The van der Waals surface area contributed by atoms with Gasteiger partial charge in [0.15, 0.2) is 0 Å². The predicted octanol–water partition coefficient (Wildman–Crippen LogP) is 2.12. The first-order chi connectivity index (χ1) is 8.19. The van der Waals surface area contributed by atoms with Gasteiger partial charge in [0.25, 0.3) is 0 Å². The van der Waals surface area contributed by atoms with Gasteiger partial charge in [-0.05, 0) is 37.5 Å². The summed E-state index contributed by atoms with van der Waals surface area (Å²) in [5.74, 6) is 0. The Morgan fingerprint density at radius 1 is 1.53 bits per heavy atom. The van der Waals surface area contributed by atoms with Crippen LogP contribution in [0.2, 0.25) is 0 Å². The molecule has 90 valence electrons. The molecule has 0 aliphatic heterocycles. The number of nitrogens with zero attached hydrogens (tertiary/aromatic N) is 1. The smallest absolute Gasteiger partial charge is 0.101 e. The molecule has 0 atom stereocenters. The highest BCUT2D eigenvalue weighted by Gasteiger charge is 2.36. The standard InChI is InChI=1S/C13H17N3O/c1-17-13(5-2-6-13)9-16-11-4-3-10(8-14)12(15)7-11/h3-4,7,16H,2,5-6,9,15H2,1H3. The molecule has 1 aromatic rings. The number of benzene rings is 1. The van der Waals surface area contributed by atoms with E-state index >= 15 is 0 Å². The fourth-order valence-corrected chi connectivity index (χ4v) is 2.06. The predicted molar refractivity (Wildman–Crippen MR) is 67.7 cm³/mol. The van der Waals surface area contributed by atoms with Crippen LogP contribution in [0.1, 0.15) is 24.8 Å². The van der Waals surface area contributed by atoms with Crippen LogP contribution in [0.3, 0.4) is 0 Å². The Morgan fingerprint density at radius 2 is 2.29 bits per heavy atom. The average molecular weight is 231 g/mol. The topological polar surface area (TPSA) is 71.1 Å². The molecule has 4 nitrogen and oxygen atoms in total. The van der Waals surface area contributed by atoms with E-state index in [4.69, 9.17) is 15.7 Å². The van der Waals surface area contributed by atoms with Crippen LogP contribution < -0.4 is 11.1 Å². The number of rotatable bonds is 4. The lowest BCUT2D eigenvalue weighted by Crippen LogP contribution is -2.45. The molecule has 0 spiro atoms. The van der Waals surface area contributed by atoms with Crippen molar-refractivity contribution in [2.75, 3.05) is 24.7 Å². The molecule has 0 radical (unpaired) electrons. The maximum atomic E-state index is 8.78. The van der Waals surface area contributed by atoms with Crippen molar-refractivity contribution < 1.29 is 4.74 Å². The molecular formula is C13H17N3O. The summed E-state index contributed by atoms with van der Waals surface area (Å²) in [7, 11) is 1.76. The van der Waals surface area contributed by atoms with Crippen molar-refractivity contribution in [3.8, 4) is 6.07 Å². The first-order valence-electron chi connectivity index (χ1n) is 5.78. The minimum absolute atomic E-state index is 0.0112. The van der Waals surface area contributed by atoms with Crippen LogP contribution in [0, 0.1) is 11.3 Å². The van der Waals surface area contributed by atoms with E-state index < -0.39 is 0 Å². The molecule has 0 aromatic heterocycles. The second-order valence-corrected chi connectivity index (χ2v) is 4.51. The van der Waals surface area contributed by atoms with Crippen LogP contribution in [0.5, 0.6) is 0 Å². The number of hydrogen-bond donors (Lipinski definition) is 2. The number of nitriles is 1. The minimum atomic E-state index is -0.0112. The molecule has 0 bridgehead atoms. The Balaban J connectivity index is 2.00. The van der Waals surface area contributed by atoms with Gasteiger partial charge in [0, 0.05) is 19.3 Å². The zero-order chi connectivity index (χ0) is 12.3. The highest BCUT2D eigenvalue weighted by Crippen LogP contribution is 2.35. The summed E-state index contributed by atoms with van der Waals surface area (Å²) in [5.41, 5.74) is 7.71. The van der Waals surface area contributed by atoms with Crippen LogP contribution in [0.25, 0.3) is 0 Å². The first kappa shape index (κ1) is 11.7. The summed E-state index contributed by atoms with van der Waals surface area (Å²) in [4.78, 5) is 0. The van der Waals surface area contributed by atoms with Crippen molar-refractivity contribution in [1.82, 2.24) is 0 Å². The van der Waals surface area contributed by atoms with Crippen LogP contribution in [0.15, 0.2) is 18.2 Å². The zero-order valence-electron chi connectivity index (χ0n) is 9.99. The number of anilines is 2. The molecule has 1 saturated carbocycles. The van der Waals surface area contributed by atoms with Gasteiger partial charge in [-0.15, -0.1) is 0 Å². The average Bonchev–Trinajstić information content (AvgIpc) is 2.28. The van der Waals surface area contributed by atoms with Crippen LogP contribution >= 0.6 is 0 Å². The number of ether oxygens (including phenoxy) is 1. The number of methoxy groups -OCH3 is 1. The lowest BCUT2D eigenvalue weighted by molar-refractivity contribution is -0.0601. The van der Waals surface area contributed by atoms with Crippen LogP contribution in [-0.4, -0.2) is 19.3 Å². The molecule has 1 aromatic carbocycles. The lowest BCUT2D eigenvalue weighted by Gasteiger charge is -2.40. The molecule has 4 heteroatoms. The van der Waals surface area contributed by atoms with Gasteiger partial charge in [-0.25, -0.2) is 0 Å². The van der Waals surface area contributed by atoms with Gasteiger partial charge in [-0.3, -0.25) is 0 Å². The van der Waals surface area contributed by atoms with E-state index in [1.165, 1.54) is 6.42 Å². The molecule has 0 unspecified atom stereocenters. The van der Waals surface area contributed by atoms with Gasteiger partial charge in [0.05, 0.1) is 16.9 Å². The number of hydrogen-bond acceptors (Lipinski definition) is 4. The van der Waals surface area contributed by atoms with Gasteiger partial charge < -0.3 is 15.8 Å². The molecule has 2 rings (SSSR count). The van der Waals surface area contributed by atoms with E-state index in [0.29, 0.717) is 11.3 Å². The molecule has 1 aliphatic rings. The molecular weight excluding hydrogens is 214 g/mol. The Kier molecular flexibility index (Phi) is 3.21. The van der Waals surface area contributed by atoms with Crippen molar-refractivity contribution in [2.45, 2.75) is 24.9 Å². The third-order valence-electron chi connectivity index (χ3n) is 3.48. The molecule has 0 amide bonds. The van der Waals surface area contributed by atoms with Gasteiger partial charge in [-0.1, -0.05) is 0 Å². The van der Waals surface area contributed by atoms with E-state index in [0.717, 1.165) is 25.1 Å². The Bertz CT molecular complexity index is 441. The zero-order valence-corrected chi connectivity index (χ0v) is 9.99. The highest BCUT2D eigenvalue weighted by molar-refractivity contribution is 5.62. The van der Waals surface area contributed by atoms with E-state index in [2.05, 4.69) is 11.4 Å². The normalized spacial score (nSPS) is 16.9. The minimum Gasteiger partial charge on any atom is -0.398 e. The van der Waals surface area contributed by atoms with Crippen molar-refractivity contribution >= 4 is 11.4 Å². The first-order valence-corrected chi connectivity index (χ1v) is 5.78. The second kappa shape index (κ2) is 4.64. The largest absolute Gasteiger partial charge is 0.398 e. The fraction of sp³-hybridized carbons (Fsp3) is 0.462. The molecule has 3 N–H and O–H groups in total. The molecule has 1 fully saturated rings. The quantitative estimate of drug-likeness (QED) is 0.779. The maximum Gasteiger partial charge on any atom is 0.101 e. The van der Waals surface area contributed by atoms with Gasteiger partial charge in [0.1, 0.15) is 6.07 Å². The number of nitrogen functional groups attached to an aromatic ring is 1. The SMILES string of the molecule is COC1(CNc2ccc(C#N)c(N)c2)CCC1. The lowest BCUT2D eigenvalue weighted by atomic mass is 9.80. The third kappa shape index (κ3) is 2.34. The molecule has 1 aliphatic carbocycles. The summed E-state index contributed by atoms with van der Waals surface area (Å²) >= 11 is 0. The summed E-state index contributed by atoms with van der Waals surface area (Å²) in [6.45, 7) is 0.787. The van der Waals surface area contributed by atoms with Crippen molar-refractivity contribution in [3.63, 3.8) is 0 Å². The highest BCUT2D eigenvalue weighted by atomic mass is 16.5. The Labute approximate surface area is 101 Å². The van der Waals surface area contributed by atoms with E-state index in [1.54, 1.807) is 19.2 Å². The Morgan fingerprint density at radius 3 is 2.76 bits per heavy atom. The second-order valence-electron chi connectivity index (χ2n) is 4.51. The molecule has 0 saturated heterocycles. The third-order valence-corrected chi connectivity index (χ3v) is 3.48. The van der Waals surface area contributed by atoms with Crippen molar-refractivity contribution in [3.05, 3.63) is 23.8 Å². The summed E-state index contributed by atoms with van der Waals surface area (Å²) in [6.07, 6.45) is 3.43. The van der Waals surface area contributed by atoms with Gasteiger partial charge in [0.2, 0.25) is 0 Å². The Hall–Kier alpha value is -1.73. The van der Waals surface area contributed by atoms with Crippen molar-refractivity contribution in [2.24, 2.45) is 0 Å². The maximum absolute atomic E-state index is 8.78. The van der Waals surface area contributed by atoms with E-state index in [-0.39, 0.29) is 5.60 Å². The monoisotopic (exact) mass is 231 g/mol. The van der Waals surface area contributed by atoms with E-state index in [1.807, 2.05) is 6.07 Å². The number of nitrogens with two attached hydrogens (primary N) is 1. The number of nitrogens with one attached hydrogen (secondary N) is 1. The van der Waals surface area contributed by atoms with Gasteiger partial charge in [-0.2, -0.15) is 5.26 Å². The summed E-state index contributed by atoms with van der Waals surface area (Å²) < 4.78 is 5.52. The van der Waals surface area contributed by atoms with E-state index in [9.17, 15) is 0 Å².